The quantitative estimate of drug-likeness (QED) is 0.898. The third-order valence-electron chi connectivity index (χ3n) is 3.28. The Morgan fingerprint density at radius 2 is 1.95 bits per heavy atom. The summed E-state index contributed by atoms with van der Waals surface area (Å²) in [5, 5.41) is 11.3. The number of rotatable bonds is 3. The average molecular weight is 287 g/mol. The largest absolute Gasteiger partial charge is 0.478 e. The molecule has 2 rings (SSSR count). The normalized spacial score (nSPS) is 21.4. The zero-order valence-electron chi connectivity index (χ0n) is 10.5. The highest BCUT2D eigenvalue weighted by Gasteiger charge is 2.39. The molecule has 0 bridgehead atoms. The van der Waals surface area contributed by atoms with Gasteiger partial charge < -0.3 is 10.4 Å². The number of carboxylic acid groups (broad SMARTS) is 1. The molecule has 2 unspecified atom stereocenters. The first kappa shape index (κ1) is 14.4. The van der Waals surface area contributed by atoms with Crippen LogP contribution in [-0.4, -0.2) is 17.0 Å². The summed E-state index contributed by atoms with van der Waals surface area (Å²) in [5.41, 5.74) is -1.75. The number of carbonyl (C=O) groups is 2. The van der Waals surface area contributed by atoms with Crippen molar-refractivity contribution in [1.29, 1.82) is 0 Å². The van der Waals surface area contributed by atoms with Crippen LogP contribution in [0.25, 0.3) is 0 Å². The third kappa shape index (κ3) is 2.92. The summed E-state index contributed by atoms with van der Waals surface area (Å²) in [4.78, 5) is 22.7. The summed E-state index contributed by atoms with van der Waals surface area (Å²) in [6, 6.07) is 2.24. The third-order valence-corrected chi connectivity index (χ3v) is 3.28. The molecule has 1 saturated carbocycles. The van der Waals surface area contributed by atoms with Gasteiger partial charge in [0.1, 0.15) is 0 Å². The van der Waals surface area contributed by atoms with Crippen LogP contribution < -0.4 is 5.32 Å². The van der Waals surface area contributed by atoms with Gasteiger partial charge in [-0.05, 0) is 30.5 Å². The van der Waals surface area contributed by atoms with Crippen molar-refractivity contribution in [3.8, 4) is 0 Å². The Morgan fingerprint density at radius 1 is 1.35 bits per heavy atom. The lowest BCUT2D eigenvalue weighted by atomic mass is 10.1. The van der Waals surface area contributed by atoms with Gasteiger partial charge in [-0.15, -0.1) is 0 Å². The van der Waals surface area contributed by atoms with Crippen molar-refractivity contribution >= 4 is 17.6 Å². The van der Waals surface area contributed by atoms with E-state index in [-0.39, 0.29) is 23.4 Å². The molecule has 0 aliphatic heterocycles. The van der Waals surface area contributed by atoms with E-state index in [9.17, 15) is 22.8 Å². The second kappa shape index (κ2) is 4.81. The first-order valence-electron chi connectivity index (χ1n) is 5.95. The number of alkyl halides is 3. The number of anilines is 1. The fraction of sp³-hybridized carbons (Fsp3) is 0.385. The lowest BCUT2D eigenvalue weighted by molar-refractivity contribution is -0.137. The average Bonchev–Trinajstić information content (AvgIpc) is 3.05. The maximum absolute atomic E-state index is 12.5. The standard InChI is InChI=1S/C13H12F3NO3/c1-6-4-8(6)11(18)17-10-3-2-7(13(14,15)16)5-9(10)12(19)20/h2-3,5-6,8H,4H2,1H3,(H,17,18)(H,19,20). The van der Waals surface area contributed by atoms with Gasteiger partial charge in [0.2, 0.25) is 5.91 Å². The summed E-state index contributed by atoms with van der Waals surface area (Å²) in [6.07, 6.45) is -3.92. The van der Waals surface area contributed by atoms with Crippen LogP contribution in [0.2, 0.25) is 0 Å². The molecule has 1 aliphatic rings. The van der Waals surface area contributed by atoms with E-state index in [1.165, 1.54) is 0 Å². The summed E-state index contributed by atoms with van der Waals surface area (Å²) in [6.45, 7) is 1.87. The van der Waals surface area contributed by atoms with Crippen LogP contribution in [0.15, 0.2) is 18.2 Å². The molecule has 20 heavy (non-hydrogen) atoms. The van der Waals surface area contributed by atoms with E-state index in [0.717, 1.165) is 12.1 Å². The maximum atomic E-state index is 12.5. The molecule has 1 aliphatic carbocycles. The van der Waals surface area contributed by atoms with Gasteiger partial charge in [0, 0.05) is 5.92 Å². The number of hydrogen-bond donors (Lipinski definition) is 2. The van der Waals surface area contributed by atoms with Gasteiger partial charge in [-0.25, -0.2) is 4.79 Å². The molecule has 108 valence electrons. The highest BCUT2D eigenvalue weighted by atomic mass is 19.4. The maximum Gasteiger partial charge on any atom is 0.416 e. The lowest BCUT2D eigenvalue weighted by Gasteiger charge is -2.12. The molecule has 0 saturated heterocycles. The fourth-order valence-electron chi connectivity index (χ4n) is 1.92. The number of nitrogens with one attached hydrogen (secondary N) is 1. The van der Waals surface area contributed by atoms with Crippen LogP contribution in [0.3, 0.4) is 0 Å². The number of benzene rings is 1. The van der Waals surface area contributed by atoms with Crippen molar-refractivity contribution in [2.24, 2.45) is 11.8 Å². The Bertz CT molecular complexity index is 568. The highest BCUT2D eigenvalue weighted by Crippen LogP contribution is 2.39. The molecule has 2 N–H and O–H groups in total. The summed E-state index contributed by atoms with van der Waals surface area (Å²) in [5.74, 6) is -1.85. The van der Waals surface area contributed by atoms with Crippen LogP contribution in [0.5, 0.6) is 0 Å². The Morgan fingerprint density at radius 3 is 2.40 bits per heavy atom. The van der Waals surface area contributed by atoms with Crippen LogP contribution in [-0.2, 0) is 11.0 Å². The van der Waals surface area contributed by atoms with Crippen molar-refractivity contribution in [1.82, 2.24) is 0 Å². The van der Waals surface area contributed by atoms with E-state index in [1.807, 2.05) is 6.92 Å². The predicted molar refractivity (Wildman–Crippen MR) is 64.3 cm³/mol. The molecular formula is C13H12F3NO3. The molecule has 4 nitrogen and oxygen atoms in total. The van der Waals surface area contributed by atoms with Crippen LogP contribution >= 0.6 is 0 Å². The number of hydrogen-bond acceptors (Lipinski definition) is 2. The van der Waals surface area contributed by atoms with E-state index in [0.29, 0.717) is 12.5 Å². The van der Waals surface area contributed by atoms with E-state index in [1.54, 1.807) is 0 Å². The second-order valence-electron chi connectivity index (χ2n) is 4.87. The molecule has 1 aromatic rings. The predicted octanol–water partition coefficient (Wildman–Crippen LogP) is 3.00. The minimum absolute atomic E-state index is 0.116. The Kier molecular flexibility index (Phi) is 3.45. The summed E-state index contributed by atoms with van der Waals surface area (Å²) >= 11 is 0. The summed E-state index contributed by atoms with van der Waals surface area (Å²) < 4.78 is 37.6. The van der Waals surface area contributed by atoms with Gasteiger partial charge in [-0.1, -0.05) is 6.92 Å². The molecule has 1 aromatic carbocycles. The van der Waals surface area contributed by atoms with Crippen molar-refractivity contribution in [2.45, 2.75) is 19.5 Å². The van der Waals surface area contributed by atoms with E-state index in [2.05, 4.69) is 5.32 Å². The first-order valence-corrected chi connectivity index (χ1v) is 5.95. The fourth-order valence-corrected chi connectivity index (χ4v) is 1.92. The number of carboxylic acids is 1. The molecule has 1 fully saturated rings. The monoisotopic (exact) mass is 287 g/mol. The van der Waals surface area contributed by atoms with Crippen molar-refractivity contribution in [3.63, 3.8) is 0 Å². The second-order valence-corrected chi connectivity index (χ2v) is 4.87. The number of amides is 1. The zero-order valence-corrected chi connectivity index (χ0v) is 10.5. The van der Waals surface area contributed by atoms with E-state index >= 15 is 0 Å². The molecule has 0 aromatic heterocycles. The molecule has 0 spiro atoms. The smallest absolute Gasteiger partial charge is 0.416 e. The number of aromatic carboxylic acids is 1. The number of carbonyl (C=O) groups excluding carboxylic acids is 1. The van der Waals surface area contributed by atoms with Gasteiger partial charge in [0.05, 0.1) is 16.8 Å². The lowest BCUT2D eigenvalue weighted by Crippen LogP contribution is -2.18. The topological polar surface area (TPSA) is 66.4 Å². The Hall–Kier alpha value is -2.05. The molecular weight excluding hydrogens is 275 g/mol. The zero-order chi connectivity index (χ0) is 15.1. The summed E-state index contributed by atoms with van der Waals surface area (Å²) in [7, 11) is 0. The minimum atomic E-state index is -4.63. The molecule has 0 radical (unpaired) electrons. The van der Waals surface area contributed by atoms with E-state index in [4.69, 9.17) is 5.11 Å². The van der Waals surface area contributed by atoms with Gasteiger partial charge >= 0.3 is 12.1 Å². The number of halogens is 3. The van der Waals surface area contributed by atoms with Gasteiger partial charge in [0.15, 0.2) is 0 Å². The van der Waals surface area contributed by atoms with Gasteiger partial charge in [0.25, 0.3) is 0 Å². The molecule has 7 heteroatoms. The Balaban J connectivity index is 2.28. The van der Waals surface area contributed by atoms with Gasteiger partial charge in [-0.2, -0.15) is 13.2 Å². The highest BCUT2D eigenvalue weighted by molar-refractivity contribution is 6.02. The molecule has 0 heterocycles. The first-order chi connectivity index (χ1) is 9.20. The van der Waals surface area contributed by atoms with Crippen molar-refractivity contribution in [3.05, 3.63) is 29.3 Å². The molecule has 1 amide bonds. The van der Waals surface area contributed by atoms with Crippen LogP contribution in [0, 0.1) is 11.8 Å². The van der Waals surface area contributed by atoms with Crippen molar-refractivity contribution in [2.75, 3.05) is 5.32 Å². The van der Waals surface area contributed by atoms with Gasteiger partial charge in [-0.3, -0.25) is 4.79 Å². The van der Waals surface area contributed by atoms with Crippen molar-refractivity contribution < 1.29 is 27.9 Å². The SMILES string of the molecule is CC1CC1C(=O)Nc1ccc(C(F)(F)F)cc1C(=O)O. The van der Waals surface area contributed by atoms with Crippen LogP contribution in [0.1, 0.15) is 29.3 Å². The van der Waals surface area contributed by atoms with E-state index < -0.39 is 23.3 Å². The molecule has 2 atom stereocenters. The Labute approximate surface area is 112 Å². The van der Waals surface area contributed by atoms with Crippen LogP contribution in [0.4, 0.5) is 18.9 Å². The minimum Gasteiger partial charge on any atom is -0.478 e.